The van der Waals surface area contributed by atoms with Crippen LogP contribution in [0.15, 0.2) is 40.9 Å². The van der Waals surface area contributed by atoms with Gasteiger partial charge in [-0.1, -0.05) is 41.0 Å². The van der Waals surface area contributed by atoms with Crippen molar-refractivity contribution < 1.29 is 4.79 Å². The number of amides is 1. The minimum absolute atomic E-state index is 0.165. The van der Waals surface area contributed by atoms with Crippen LogP contribution in [0.3, 0.4) is 0 Å². The number of nitrogens with one attached hydrogen (secondary N) is 1. The Kier molecular flexibility index (Phi) is 6.24. The van der Waals surface area contributed by atoms with Crippen LogP contribution in [0.25, 0.3) is 0 Å². The van der Waals surface area contributed by atoms with E-state index < -0.39 is 0 Å². The van der Waals surface area contributed by atoms with Crippen molar-refractivity contribution in [3.05, 3.63) is 56.5 Å². The Bertz CT molecular complexity index is 912. The Morgan fingerprint density at radius 3 is 2.85 bits per heavy atom. The van der Waals surface area contributed by atoms with Gasteiger partial charge in [0.2, 0.25) is 5.91 Å². The lowest BCUT2D eigenvalue weighted by molar-refractivity contribution is -0.115. The predicted molar refractivity (Wildman–Crippen MR) is 109 cm³/mol. The van der Waals surface area contributed by atoms with E-state index in [9.17, 15) is 4.79 Å². The molecule has 1 amide bonds. The number of thiophene rings is 1. The molecule has 0 aliphatic heterocycles. The topological polar surface area (TPSA) is 59.8 Å². The molecule has 26 heavy (non-hydrogen) atoms. The molecule has 0 saturated heterocycles. The number of anilines is 1. The summed E-state index contributed by atoms with van der Waals surface area (Å²) in [5, 5.41) is 14.6. The van der Waals surface area contributed by atoms with Gasteiger partial charge in [-0.15, -0.1) is 21.5 Å². The molecular weight excluding hydrogens is 411 g/mol. The lowest BCUT2D eigenvalue weighted by Crippen LogP contribution is -2.23. The highest BCUT2D eigenvalue weighted by Crippen LogP contribution is 2.28. The summed E-state index contributed by atoms with van der Waals surface area (Å²) in [4.78, 5) is 13.7. The molecule has 2 aromatic heterocycles. The largest absolute Gasteiger partial charge is 0.324 e. The number of benzene rings is 1. The maximum Gasteiger partial charge on any atom is 0.237 e. The molecule has 1 atom stereocenters. The Morgan fingerprint density at radius 2 is 2.15 bits per heavy atom. The summed E-state index contributed by atoms with van der Waals surface area (Å²) in [6, 6.07) is 9.04. The molecule has 0 bridgehead atoms. The summed E-state index contributed by atoms with van der Waals surface area (Å²) < 4.78 is 1.92. The fraction of sp³-hybridized carbons (Fsp3) is 0.235. The number of rotatable bonds is 6. The third kappa shape index (κ3) is 4.59. The second-order valence-electron chi connectivity index (χ2n) is 5.59. The molecule has 0 saturated carbocycles. The van der Waals surface area contributed by atoms with Gasteiger partial charge < -0.3 is 9.88 Å². The van der Waals surface area contributed by atoms with E-state index in [0.29, 0.717) is 20.9 Å². The number of thioether (sulfide) groups is 1. The molecular formula is C17H16Cl2N4OS2. The van der Waals surface area contributed by atoms with E-state index in [-0.39, 0.29) is 11.2 Å². The summed E-state index contributed by atoms with van der Waals surface area (Å²) in [7, 11) is 1.91. The van der Waals surface area contributed by atoms with Gasteiger partial charge in [0.15, 0.2) is 5.16 Å². The first kappa shape index (κ1) is 19.2. The van der Waals surface area contributed by atoms with E-state index in [1.54, 1.807) is 29.5 Å². The van der Waals surface area contributed by atoms with Gasteiger partial charge in [-0.3, -0.25) is 4.79 Å². The monoisotopic (exact) mass is 426 g/mol. The van der Waals surface area contributed by atoms with Crippen LogP contribution in [0.4, 0.5) is 5.69 Å². The van der Waals surface area contributed by atoms with Crippen LogP contribution in [-0.4, -0.2) is 25.9 Å². The Labute approximate surface area is 169 Å². The highest BCUT2D eigenvalue weighted by atomic mass is 35.5. The third-order valence-electron chi connectivity index (χ3n) is 3.68. The molecule has 3 rings (SSSR count). The molecule has 1 unspecified atom stereocenters. The lowest BCUT2D eigenvalue weighted by atomic mass is 10.3. The van der Waals surface area contributed by atoms with Gasteiger partial charge in [-0.2, -0.15) is 0 Å². The molecule has 0 aliphatic carbocycles. The smallest absolute Gasteiger partial charge is 0.237 e. The number of carbonyl (C=O) groups excluding carboxylic acids is 1. The number of nitrogens with zero attached hydrogens (tertiary/aromatic N) is 3. The molecule has 5 nitrogen and oxygen atoms in total. The quantitative estimate of drug-likeness (QED) is 0.569. The summed E-state index contributed by atoms with van der Waals surface area (Å²) >= 11 is 15.0. The maximum absolute atomic E-state index is 12.4. The second kappa shape index (κ2) is 8.43. The standard InChI is InChI=1S/C17H16Cl2N4OS2/c1-10(16(24)20-14-6-5-11(18)8-13(14)19)26-17-22-21-15(23(17)2)9-12-4-3-7-25-12/h3-8,10H,9H2,1-2H3,(H,20,24). The van der Waals surface area contributed by atoms with Gasteiger partial charge >= 0.3 is 0 Å². The van der Waals surface area contributed by atoms with Crippen LogP contribution in [0.2, 0.25) is 10.0 Å². The van der Waals surface area contributed by atoms with Crippen LogP contribution in [-0.2, 0) is 18.3 Å². The van der Waals surface area contributed by atoms with Gasteiger partial charge in [0, 0.05) is 23.4 Å². The van der Waals surface area contributed by atoms with E-state index >= 15 is 0 Å². The van der Waals surface area contributed by atoms with E-state index in [0.717, 1.165) is 12.2 Å². The van der Waals surface area contributed by atoms with Crippen molar-refractivity contribution in [3.63, 3.8) is 0 Å². The van der Waals surface area contributed by atoms with E-state index in [2.05, 4.69) is 21.6 Å². The second-order valence-corrected chi connectivity index (χ2v) is 8.77. The number of halogens is 2. The lowest BCUT2D eigenvalue weighted by Gasteiger charge is -2.12. The predicted octanol–water partition coefficient (Wildman–Crippen LogP) is 4.89. The molecule has 0 spiro atoms. The van der Waals surface area contributed by atoms with Gasteiger partial charge in [-0.25, -0.2) is 0 Å². The van der Waals surface area contributed by atoms with Crippen LogP contribution in [0, 0.1) is 0 Å². The Morgan fingerprint density at radius 1 is 1.35 bits per heavy atom. The summed E-state index contributed by atoms with van der Waals surface area (Å²) in [6.07, 6.45) is 0.725. The van der Waals surface area contributed by atoms with Crippen molar-refractivity contribution in [2.24, 2.45) is 7.05 Å². The molecule has 0 aliphatic rings. The number of hydrogen-bond acceptors (Lipinski definition) is 5. The van der Waals surface area contributed by atoms with Crippen molar-refractivity contribution in [2.75, 3.05) is 5.32 Å². The van der Waals surface area contributed by atoms with Crippen LogP contribution < -0.4 is 5.32 Å². The molecule has 1 aromatic carbocycles. The first-order valence-corrected chi connectivity index (χ1v) is 10.3. The van der Waals surface area contributed by atoms with Gasteiger partial charge in [-0.05, 0) is 36.6 Å². The Hall–Kier alpha value is -1.54. The molecule has 3 aromatic rings. The zero-order chi connectivity index (χ0) is 18.7. The molecule has 1 N–H and O–H groups in total. The Balaban J connectivity index is 1.64. The fourth-order valence-electron chi connectivity index (χ4n) is 2.21. The minimum atomic E-state index is -0.362. The van der Waals surface area contributed by atoms with Gasteiger partial charge in [0.1, 0.15) is 5.82 Å². The molecule has 0 radical (unpaired) electrons. The fourth-order valence-corrected chi connectivity index (χ4v) is 4.20. The molecule has 136 valence electrons. The van der Waals surface area contributed by atoms with E-state index in [1.807, 2.05) is 30.0 Å². The van der Waals surface area contributed by atoms with Crippen molar-refractivity contribution in [2.45, 2.75) is 23.8 Å². The van der Waals surface area contributed by atoms with Crippen molar-refractivity contribution in [1.29, 1.82) is 0 Å². The summed E-state index contributed by atoms with van der Waals surface area (Å²) in [5.41, 5.74) is 0.532. The molecule has 9 heteroatoms. The maximum atomic E-state index is 12.4. The van der Waals surface area contributed by atoms with Gasteiger partial charge in [0.05, 0.1) is 16.0 Å². The number of aromatic nitrogens is 3. The zero-order valence-electron chi connectivity index (χ0n) is 14.1. The number of carbonyl (C=O) groups is 1. The first-order chi connectivity index (χ1) is 12.4. The summed E-state index contributed by atoms with van der Waals surface area (Å²) in [5.74, 6) is 0.699. The van der Waals surface area contributed by atoms with E-state index in [1.165, 1.54) is 16.6 Å². The van der Waals surface area contributed by atoms with Crippen molar-refractivity contribution in [3.8, 4) is 0 Å². The average Bonchev–Trinajstić information content (AvgIpc) is 3.22. The van der Waals surface area contributed by atoms with E-state index in [4.69, 9.17) is 23.2 Å². The van der Waals surface area contributed by atoms with Crippen LogP contribution >= 0.6 is 46.3 Å². The molecule has 2 heterocycles. The van der Waals surface area contributed by atoms with Gasteiger partial charge in [0.25, 0.3) is 0 Å². The molecule has 0 fully saturated rings. The van der Waals surface area contributed by atoms with Crippen molar-refractivity contribution >= 4 is 57.9 Å². The SMILES string of the molecule is CC(Sc1nnc(Cc2cccs2)n1C)C(=O)Nc1ccc(Cl)cc1Cl. The average molecular weight is 427 g/mol. The summed E-state index contributed by atoms with van der Waals surface area (Å²) in [6.45, 7) is 1.82. The van der Waals surface area contributed by atoms with Crippen molar-refractivity contribution in [1.82, 2.24) is 14.8 Å². The van der Waals surface area contributed by atoms with Crippen LogP contribution in [0.1, 0.15) is 17.6 Å². The highest BCUT2D eigenvalue weighted by Gasteiger charge is 2.20. The zero-order valence-corrected chi connectivity index (χ0v) is 17.2. The minimum Gasteiger partial charge on any atom is -0.324 e. The van der Waals surface area contributed by atoms with Crippen LogP contribution in [0.5, 0.6) is 0 Å². The first-order valence-electron chi connectivity index (χ1n) is 7.77. The third-order valence-corrected chi connectivity index (χ3v) is 6.24. The highest BCUT2D eigenvalue weighted by molar-refractivity contribution is 8.00. The normalized spacial score (nSPS) is 12.2. The number of hydrogen-bond donors (Lipinski definition) is 1.